The molecule has 0 bridgehead atoms. The summed E-state index contributed by atoms with van der Waals surface area (Å²) < 4.78 is 18.2. The van der Waals surface area contributed by atoms with Gasteiger partial charge in [-0.1, -0.05) is 20.8 Å². The van der Waals surface area contributed by atoms with Crippen molar-refractivity contribution < 1.29 is 27.7 Å². The highest BCUT2D eigenvalue weighted by Gasteiger charge is 2.46. The van der Waals surface area contributed by atoms with E-state index in [2.05, 4.69) is 66.6 Å². The molecule has 9 heteroatoms. The molecule has 0 aliphatic carbocycles. The Morgan fingerprint density at radius 3 is 1.89 bits per heavy atom. The van der Waals surface area contributed by atoms with Gasteiger partial charge in [0, 0.05) is 12.2 Å². The summed E-state index contributed by atoms with van der Waals surface area (Å²) in [6.45, 7) is 21.9. The molecular weight excluding hydrogens is 396 g/mol. The number of carbonyl (C=O) groups excluding carboxylic acids is 1. The minimum atomic E-state index is -2.26. The monoisotopic (exact) mass is 434 g/mol. The lowest BCUT2D eigenvalue weighted by molar-refractivity contribution is -0.139. The van der Waals surface area contributed by atoms with Crippen LogP contribution in [0.1, 0.15) is 27.2 Å². The third-order valence-corrected chi connectivity index (χ3v) is 15.3. The molecule has 1 atom stereocenters. The molecule has 158 valence electrons. The molecule has 6 nitrogen and oxygen atoms in total. The van der Waals surface area contributed by atoms with Gasteiger partial charge in [0.2, 0.25) is 0 Å². The number of carbonyl (C=O) groups is 2. The van der Waals surface area contributed by atoms with Gasteiger partial charge >= 0.3 is 20.5 Å². The average Bonchev–Trinajstić information content (AvgIpc) is 2.35. The predicted octanol–water partition coefficient (Wildman–Crippen LogP) is 4.75. The third-order valence-electron chi connectivity index (χ3n) is 3.96. The highest BCUT2D eigenvalue weighted by molar-refractivity contribution is 6.88. The zero-order valence-electron chi connectivity index (χ0n) is 18.6. The molecule has 0 aliphatic rings. The lowest BCUT2D eigenvalue weighted by Crippen LogP contribution is -2.55. The van der Waals surface area contributed by atoms with Gasteiger partial charge < -0.3 is 18.1 Å². The van der Waals surface area contributed by atoms with E-state index in [0.29, 0.717) is 6.42 Å². The third kappa shape index (κ3) is 11.6. The Morgan fingerprint density at radius 2 is 1.48 bits per heavy atom. The highest BCUT2D eigenvalue weighted by atomic mass is 28.5. The van der Waals surface area contributed by atoms with E-state index >= 15 is 0 Å². The molecule has 0 spiro atoms. The first-order valence-electron chi connectivity index (χ1n) is 9.34. The van der Waals surface area contributed by atoms with Gasteiger partial charge in [-0.15, -0.1) is 0 Å². The van der Waals surface area contributed by atoms with Gasteiger partial charge in [0.25, 0.3) is 0 Å². The van der Waals surface area contributed by atoms with Crippen LogP contribution in [0.4, 0.5) is 0 Å². The highest BCUT2D eigenvalue weighted by Crippen LogP contribution is 2.43. The van der Waals surface area contributed by atoms with E-state index in [-0.39, 0.29) is 17.6 Å². The second kappa shape index (κ2) is 9.64. The molecule has 1 N–H and O–H groups in total. The van der Waals surface area contributed by atoms with Crippen molar-refractivity contribution in [2.24, 2.45) is 5.41 Å². The van der Waals surface area contributed by atoms with E-state index < -0.39 is 37.1 Å². The van der Waals surface area contributed by atoms with E-state index in [9.17, 15) is 9.59 Å². The molecule has 0 saturated carbocycles. The minimum absolute atomic E-state index is 0.0112. The molecule has 0 aromatic heterocycles. The van der Waals surface area contributed by atoms with Crippen LogP contribution < -0.4 is 0 Å². The number of hydrogen-bond acceptors (Lipinski definition) is 5. The summed E-state index contributed by atoms with van der Waals surface area (Å²) in [4.78, 5) is 22.1. The number of carboxylic acid groups (broad SMARTS) is 1. The first kappa shape index (κ1) is 26.3. The van der Waals surface area contributed by atoms with E-state index in [0.717, 1.165) is 12.2 Å². The van der Waals surface area contributed by atoms with Crippen molar-refractivity contribution in [1.82, 2.24) is 0 Å². The molecule has 27 heavy (non-hydrogen) atoms. The summed E-state index contributed by atoms with van der Waals surface area (Å²) in [6.07, 6.45) is 2.39. The Balaban J connectivity index is 5.12. The van der Waals surface area contributed by atoms with Crippen molar-refractivity contribution in [3.63, 3.8) is 0 Å². The molecule has 0 aliphatic heterocycles. The van der Waals surface area contributed by atoms with E-state index in [1.54, 1.807) is 0 Å². The van der Waals surface area contributed by atoms with Gasteiger partial charge in [0.05, 0.1) is 6.61 Å². The topological polar surface area (TPSA) is 82.1 Å². The van der Waals surface area contributed by atoms with Crippen molar-refractivity contribution in [2.75, 3.05) is 6.61 Å². The van der Waals surface area contributed by atoms with Crippen molar-refractivity contribution in [3.8, 4) is 0 Å². The number of ether oxygens (including phenoxy) is 1. The Kier molecular flexibility index (Phi) is 9.37. The van der Waals surface area contributed by atoms with Gasteiger partial charge in [-0.3, -0.25) is 0 Å². The fraction of sp³-hybridized carbons (Fsp3) is 0.778. The number of carboxylic acids is 1. The Hall–Kier alpha value is -0.749. The van der Waals surface area contributed by atoms with Crippen LogP contribution >= 0.6 is 0 Å². The van der Waals surface area contributed by atoms with Crippen molar-refractivity contribution in [3.05, 3.63) is 12.2 Å². The minimum Gasteiger partial charge on any atom is -0.478 e. The van der Waals surface area contributed by atoms with E-state index in [1.165, 1.54) is 0 Å². The summed E-state index contributed by atoms with van der Waals surface area (Å²) in [5, 5.41) is 8.57. The summed E-state index contributed by atoms with van der Waals surface area (Å²) >= 11 is 0. The first-order valence-corrected chi connectivity index (χ1v) is 18.5. The Labute approximate surface area is 167 Å². The molecule has 0 radical (unpaired) electrons. The Morgan fingerprint density at radius 1 is 0.963 bits per heavy atom. The molecule has 0 rings (SSSR count). The standard InChI is InChI=1S/C18H38O6Si3/c1-18(2,3)15(13-14-22-17(21)12-11-16(19)20)26(7,8)24-27(9,10)23-25(4,5)6/h11-12,15H,13-14H2,1-10H3,(H,19,20). The van der Waals surface area contributed by atoms with Crippen LogP contribution in [0.25, 0.3) is 0 Å². The van der Waals surface area contributed by atoms with E-state index in [1.807, 2.05) is 0 Å². The molecule has 1 unspecified atom stereocenters. The molecule has 0 amide bonds. The van der Waals surface area contributed by atoms with E-state index in [4.69, 9.17) is 18.1 Å². The maximum atomic E-state index is 11.6. The fourth-order valence-electron chi connectivity index (χ4n) is 3.75. The number of esters is 1. The molecule has 0 aromatic rings. The first-order chi connectivity index (χ1) is 11.9. The average molecular weight is 435 g/mol. The molecular formula is C18H38O6Si3. The van der Waals surface area contributed by atoms with Gasteiger partial charge in [-0.05, 0) is 63.2 Å². The van der Waals surface area contributed by atoms with Crippen LogP contribution in [0.15, 0.2) is 12.2 Å². The maximum Gasteiger partial charge on any atom is 0.331 e. The molecule has 0 heterocycles. The van der Waals surface area contributed by atoms with Crippen LogP contribution in [-0.2, 0) is 22.6 Å². The Bertz CT molecular complexity index is 544. The van der Waals surface area contributed by atoms with Crippen LogP contribution in [0.2, 0.25) is 51.4 Å². The lowest BCUT2D eigenvalue weighted by atomic mass is 9.90. The molecule has 0 saturated heterocycles. The summed E-state index contributed by atoms with van der Waals surface area (Å²) in [6, 6.07) is 0. The van der Waals surface area contributed by atoms with Crippen molar-refractivity contribution in [2.45, 2.75) is 78.6 Å². The zero-order valence-corrected chi connectivity index (χ0v) is 21.6. The summed E-state index contributed by atoms with van der Waals surface area (Å²) in [7, 11) is -6.12. The van der Waals surface area contributed by atoms with Gasteiger partial charge in [0.1, 0.15) is 0 Å². The van der Waals surface area contributed by atoms with Crippen LogP contribution in [0.3, 0.4) is 0 Å². The number of hydrogen-bond donors (Lipinski definition) is 1. The smallest absolute Gasteiger partial charge is 0.331 e. The molecule has 0 aromatic carbocycles. The van der Waals surface area contributed by atoms with Gasteiger partial charge in [0.15, 0.2) is 16.6 Å². The summed E-state index contributed by atoms with van der Waals surface area (Å²) in [5.74, 6) is -1.81. The zero-order chi connectivity index (χ0) is 21.7. The van der Waals surface area contributed by atoms with Gasteiger partial charge in [-0.25, -0.2) is 9.59 Å². The fourth-order valence-corrected chi connectivity index (χ4v) is 18.7. The maximum absolute atomic E-state index is 11.6. The second-order valence-electron chi connectivity index (χ2n) is 9.87. The number of rotatable bonds is 10. The van der Waals surface area contributed by atoms with Crippen LogP contribution in [0.5, 0.6) is 0 Å². The quantitative estimate of drug-likeness (QED) is 0.303. The van der Waals surface area contributed by atoms with Crippen LogP contribution in [-0.4, -0.2) is 48.8 Å². The largest absolute Gasteiger partial charge is 0.478 e. The lowest BCUT2D eigenvalue weighted by Gasteiger charge is -2.45. The normalized spacial score (nSPS) is 15.0. The van der Waals surface area contributed by atoms with Crippen LogP contribution in [0, 0.1) is 5.41 Å². The molecule has 0 fully saturated rings. The predicted molar refractivity (Wildman–Crippen MR) is 116 cm³/mol. The van der Waals surface area contributed by atoms with Crippen molar-refractivity contribution in [1.29, 1.82) is 0 Å². The number of aliphatic carboxylic acids is 1. The SMILES string of the molecule is CC(C)(C)C(CCOC(=O)C=CC(=O)O)[Si](C)(C)O[Si](C)(C)O[Si](C)(C)C. The second-order valence-corrected chi connectivity index (χ2v) is 22.4. The van der Waals surface area contributed by atoms with Crippen molar-refractivity contribution >= 4 is 37.1 Å². The van der Waals surface area contributed by atoms with Gasteiger partial charge in [-0.2, -0.15) is 0 Å². The summed E-state index contributed by atoms with van der Waals surface area (Å²) in [5.41, 5.74) is 0.237.